The summed E-state index contributed by atoms with van der Waals surface area (Å²) in [6, 6.07) is 20.5. The predicted molar refractivity (Wildman–Crippen MR) is 87.8 cm³/mol. The number of nitrogens with zero attached hydrogens (tertiary/aromatic N) is 1. The van der Waals surface area contributed by atoms with Crippen LogP contribution in [-0.2, 0) is 0 Å². The Labute approximate surface area is 124 Å². The first-order chi connectivity index (χ1) is 9.68. The van der Waals surface area contributed by atoms with E-state index < -0.39 is 0 Å². The molecule has 0 spiro atoms. The second kappa shape index (κ2) is 6.82. The second-order valence-corrected chi connectivity index (χ2v) is 4.92. The van der Waals surface area contributed by atoms with Crippen LogP contribution < -0.4 is 11.2 Å². The van der Waals surface area contributed by atoms with E-state index in [1.165, 1.54) is 11.1 Å². The standard InChI is InChI=1S/C16H17N3S/c1-12(18-19-16(17)20)15(13-8-4-2-5-9-13)14-10-6-3-7-11-14/h2-11,15H,1H3,(H3,17,19,20)/b18-12+. The monoisotopic (exact) mass is 283 g/mol. The van der Waals surface area contributed by atoms with E-state index in [1.54, 1.807) is 0 Å². The topological polar surface area (TPSA) is 50.4 Å². The van der Waals surface area contributed by atoms with Gasteiger partial charge >= 0.3 is 0 Å². The van der Waals surface area contributed by atoms with Crippen molar-refractivity contribution in [2.75, 3.05) is 0 Å². The van der Waals surface area contributed by atoms with Crippen molar-refractivity contribution in [2.45, 2.75) is 12.8 Å². The van der Waals surface area contributed by atoms with E-state index in [0.29, 0.717) is 0 Å². The summed E-state index contributed by atoms with van der Waals surface area (Å²) in [5.41, 5.74) is 11.4. The van der Waals surface area contributed by atoms with Crippen LogP contribution in [0.5, 0.6) is 0 Å². The molecule has 0 bridgehead atoms. The molecule has 0 fully saturated rings. The van der Waals surface area contributed by atoms with E-state index in [-0.39, 0.29) is 11.0 Å². The van der Waals surface area contributed by atoms with Crippen molar-refractivity contribution in [3.05, 3.63) is 71.8 Å². The lowest BCUT2D eigenvalue weighted by Crippen LogP contribution is -2.26. The van der Waals surface area contributed by atoms with Crippen molar-refractivity contribution in [3.8, 4) is 0 Å². The van der Waals surface area contributed by atoms with Crippen LogP contribution in [0.4, 0.5) is 0 Å². The number of thiocarbonyl (C=S) groups is 1. The second-order valence-electron chi connectivity index (χ2n) is 4.48. The average Bonchev–Trinajstić information content (AvgIpc) is 2.48. The van der Waals surface area contributed by atoms with Crippen LogP contribution in [0.3, 0.4) is 0 Å². The fourth-order valence-corrected chi connectivity index (χ4v) is 2.22. The lowest BCUT2D eigenvalue weighted by atomic mass is 9.88. The quantitative estimate of drug-likeness (QED) is 0.515. The Hall–Kier alpha value is -2.20. The molecule has 0 unspecified atom stereocenters. The van der Waals surface area contributed by atoms with Gasteiger partial charge in [-0.1, -0.05) is 60.7 Å². The maximum absolute atomic E-state index is 5.43. The molecule has 4 heteroatoms. The zero-order valence-electron chi connectivity index (χ0n) is 11.3. The van der Waals surface area contributed by atoms with Crippen LogP contribution in [0.2, 0.25) is 0 Å². The largest absolute Gasteiger partial charge is 0.375 e. The summed E-state index contributed by atoms with van der Waals surface area (Å²) in [6.07, 6.45) is 0. The fraction of sp³-hybridized carbons (Fsp3) is 0.125. The Morgan fingerprint density at radius 3 is 1.85 bits per heavy atom. The molecule has 0 aliphatic rings. The number of benzene rings is 2. The highest BCUT2D eigenvalue weighted by Gasteiger charge is 2.17. The highest BCUT2D eigenvalue weighted by molar-refractivity contribution is 7.80. The fourth-order valence-electron chi connectivity index (χ4n) is 2.17. The average molecular weight is 283 g/mol. The minimum absolute atomic E-state index is 0.0826. The zero-order valence-corrected chi connectivity index (χ0v) is 12.1. The van der Waals surface area contributed by atoms with Gasteiger partial charge in [-0.2, -0.15) is 5.10 Å². The molecule has 0 atom stereocenters. The van der Waals surface area contributed by atoms with E-state index in [4.69, 9.17) is 18.0 Å². The Morgan fingerprint density at radius 1 is 1.00 bits per heavy atom. The third kappa shape index (κ3) is 3.65. The first-order valence-electron chi connectivity index (χ1n) is 6.38. The number of nitrogens with one attached hydrogen (secondary N) is 1. The lowest BCUT2D eigenvalue weighted by Gasteiger charge is -2.18. The normalized spacial score (nSPS) is 11.4. The van der Waals surface area contributed by atoms with Gasteiger partial charge in [0.1, 0.15) is 0 Å². The maximum Gasteiger partial charge on any atom is 0.184 e. The van der Waals surface area contributed by atoms with E-state index in [9.17, 15) is 0 Å². The Bertz CT molecular complexity index is 554. The molecule has 3 nitrogen and oxygen atoms in total. The van der Waals surface area contributed by atoms with Gasteiger partial charge in [-0.3, -0.25) is 5.43 Å². The third-order valence-corrected chi connectivity index (χ3v) is 3.12. The predicted octanol–water partition coefficient (Wildman–Crippen LogP) is 3.03. The van der Waals surface area contributed by atoms with E-state index >= 15 is 0 Å². The number of hydrazone groups is 1. The van der Waals surface area contributed by atoms with Gasteiger partial charge in [0, 0.05) is 11.6 Å². The number of hydrogen-bond donors (Lipinski definition) is 2. The highest BCUT2D eigenvalue weighted by atomic mass is 32.1. The molecule has 0 aliphatic heterocycles. The molecular formula is C16H17N3S. The maximum atomic E-state index is 5.43. The van der Waals surface area contributed by atoms with Crippen molar-refractivity contribution in [2.24, 2.45) is 10.8 Å². The van der Waals surface area contributed by atoms with Crippen molar-refractivity contribution in [3.63, 3.8) is 0 Å². The summed E-state index contributed by atoms with van der Waals surface area (Å²) in [6.45, 7) is 1.97. The van der Waals surface area contributed by atoms with Crippen LogP contribution in [-0.4, -0.2) is 10.8 Å². The van der Waals surface area contributed by atoms with E-state index in [0.717, 1.165) is 5.71 Å². The van der Waals surface area contributed by atoms with Crippen molar-refractivity contribution >= 4 is 23.0 Å². The van der Waals surface area contributed by atoms with Gasteiger partial charge in [0.05, 0.1) is 0 Å². The molecule has 102 valence electrons. The molecule has 0 saturated carbocycles. The molecule has 0 aromatic heterocycles. The highest BCUT2D eigenvalue weighted by Crippen LogP contribution is 2.25. The molecule has 0 heterocycles. The summed E-state index contributed by atoms with van der Waals surface area (Å²) in [5.74, 6) is 0.0826. The van der Waals surface area contributed by atoms with Gasteiger partial charge in [0.15, 0.2) is 5.11 Å². The first-order valence-corrected chi connectivity index (χ1v) is 6.79. The van der Waals surface area contributed by atoms with Gasteiger partial charge in [0.25, 0.3) is 0 Å². The van der Waals surface area contributed by atoms with Gasteiger partial charge in [0.2, 0.25) is 0 Å². The minimum atomic E-state index is 0.0826. The van der Waals surface area contributed by atoms with Crippen LogP contribution >= 0.6 is 12.2 Å². The summed E-state index contributed by atoms with van der Waals surface area (Å²) in [5, 5.41) is 4.45. The van der Waals surface area contributed by atoms with Crippen molar-refractivity contribution in [1.82, 2.24) is 5.43 Å². The first kappa shape index (κ1) is 14.2. The number of rotatable bonds is 4. The van der Waals surface area contributed by atoms with Gasteiger partial charge in [-0.25, -0.2) is 0 Å². The van der Waals surface area contributed by atoms with Crippen molar-refractivity contribution < 1.29 is 0 Å². The molecule has 2 aromatic carbocycles. The van der Waals surface area contributed by atoms with Crippen LogP contribution in [0.25, 0.3) is 0 Å². The summed E-state index contributed by atoms with van der Waals surface area (Å²) in [4.78, 5) is 0. The molecule has 20 heavy (non-hydrogen) atoms. The molecule has 0 radical (unpaired) electrons. The summed E-state index contributed by atoms with van der Waals surface area (Å²) < 4.78 is 0. The van der Waals surface area contributed by atoms with E-state index in [1.807, 2.05) is 43.3 Å². The van der Waals surface area contributed by atoms with Gasteiger partial charge < -0.3 is 5.73 Å². The molecule has 0 amide bonds. The molecule has 2 rings (SSSR count). The van der Waals surface area contributed by atoms with Crippen molar-refractivity contribution in [1.29, 1.82) is 0 Å². The lowest BCUT2D eigenvalue weighted by molar-refractivity contribution is 0.974. The van der Waals surface area contributed by atoms with E-state index in [2.05, 4.69) is 34.8 Å². The Morgan fingerprint density at radius 2 is 1.45 bits per heavy atom. The minimum Gasteiger partial charge on any atom is -0.375 e. The van der Waals surface area contributed by atoms with Gasteiger partial charge in [-0.05, 0) is 30.3 Å². The number of hydrogen-bond acceptors (Lipinski definition) is 2. The molecule has 0 aliphatic carbocycles. The van der Waals surface area contributed by atoms with Gasteiger partial charge in [-0.15, -0.1) is 0 Å². The summed E-state index contributed by atoms with van der Waals surface area (Å²) in [7, 11) is 0. The van der Waals surface area contributed by atoms with Crippen LogP contribution in [0.1, 0.15) is 24.0 Å². The molecule has 3 N–H and O–H groups in total. The molecule has 2 aromatic rings. The number of nitrogens with two attached hydrogens (primary N) is 1. The molecule has 0 saturated heterocycles. The van der Waals surface area contributed by atoms with Crippen LogP contribution in [0, 0.1) is 0 Å². The molecular weight excluding hydrogens is 266 g/mol. The third-order valence-electron chi connectivity index (χ3n) is 3.03. The summed E-state index contributed by atoms with van der Waals surface area (Å²) >= 11 is 4.79. The Balaban J connectivity index is 2.40. The van der Waals surface area contributed by atoms with Crippen LogP contribution in [0.15, 0.2) is 65.8 Å². The Kier molecular flexibility index (Phi) is 4.85. The zero-order chi connectivity index (χ0) is 14.4. The SMILES string of the molecule is C/C(=N\NC(N)=S)C(c1ccccc1)c1ccccc1. The smallest absolute Gasteiger partial charge is 0.184 e.